The van der Waals surface area contributed by atoms with E-state index >= 15 is 0 Å². The molecule has 90 valence electrons. The number of amidine groups is 1. The van der Waals surface area contributed by atoms with Gasteiger partial charge in [0, 0.05) is 10.5 Å². The second-order valence-electron chi connectivity index (χ2n) is 3.46. The second kappa shape index (κ2) is 5.86. The first kappa shape index (κ1) is 13.0. The lowest BCUT2D eigenvalue weighted by atomic mass is 10.0. The van der Waals surface area contributed by atoms with Crippen molar-refractivity contribution in [3.63, 3.8) is 0 Å². The number of benzene rings is 1. The van der Waals surface area contributed by atoms with E-state index in [0.29, 0.717) is 11.1 Å². The summed E-state index contributed by atoms with van der Waals surface area (Å²) < 4.78 is 0. The number of hydrogen-bond donors (Lipinski definition) is 4. The Morgan fingerprint density at radius 1 is 1.41 bits per heavy atom. The Morgan fingerprint density at radius 2 is 2.00 bits per heavy atom. The molecule has 1 rings (SSSR count). The highest BCUT2D eigenvalue weighted by molar-refractivity contribution is 5.94. The summed E-state index contributed by atoms with van der Waals surface area (Å²) >= 11 is 0. The highest BCUT2D eigenvalue weighted by atomic mass is 16.3. The predicted molar refractivity (Wildman–Crippen MR) is 62.4 cm³/mol. The maximum Gasteiger partial charge on any atom is 0.122 e. The minimum atomic E-state index is -1.16. The summed E-state index contributed by atoms with van der Waals surface area (Å²) in [5.41, 5.74) is 14.4. The molecule has 1 aromatic carbocycles. The van der Waals surface area contributed by atoms with Crippen LogP contribution in [0.5, 0.6) is 0 Å². The van der Waals surface area contributed by atoms with Gasteiger partial charge in [-0.1, -0.05) is 29.4 Å². The zero-order valence-electron chi connectivity index (χ0n) is 8.98. The van der Waals surface area contributed by atoms with Crippen LogP contribution in [0.25, 0.3) is 10.4 Å². The van der Waals surface area contributed by atoms with Gasteiger partial charge in [-0.15, -0.1) is 0 Å². The largest absolute Gasteiger partial charge is 0.390 e. The molecule has 2 atom stereocenters. The van der Waals surface area contributed by atoms with Crippen LogP contribution in [0.3, 0.4) is 0 Å². The first-order valence-electron chi connectivity index (χ1n) is 4.87. The monoisotopic (exact) mass is 235 g/mol. The first-order chi connectivity index (χ1) is 8.06. The van der Waals surface area contributed by atoms with Crippen molar-refractivity contribution >= 4 is 5.84 Å². The minimum Gasteiger partial charge on any atom is -0.390 e. The summed E-state index contributed by atoms with van der Waals surface area (Å²) in [6, 6.07) is 6.25. The maximum atomic E-state index is 9.73. The van der Waals surface area contributed by atoms with E-state index in [1.54, 1.807) is 24.3 Å². The molecule has 0 saturated heterocycles. The lowest BCUT2D eigenvalue weighted by Crippen LogP contribution is -2.21. The quantitative estimate of drug-likeness (QED) is 0.196. The van der Waals surface area contributed by atoms with E-state index in [4.69, 9.17) is 16.7 Å². The lowest BCUT2D eigenvalue weighted by Gasteiger charge is -2.16. The number of nitrogens with one attached hydrogen (secondary N) is 1. The van der Waals surface area contributed by atoms with Gasteiger partial charge < -0.3 is 15.9 Å². The van der Waals surface area contributed by atoms with Crippen molar-refractivity contribution in [2.24, 2.45) is 10.8 Å². The highest BCUT2D eigenvalue weighted by Gasteiger charge is 2.17. The normalized spacial score (nSPS) is 13.5. The van der Waals surface area contributed by atoms with Crippen LogP contribution in [0.4, 0.5) is 0 Å². The fraction of sp³-hybridized carbons (Fsp3) is 0.300. The van der Waals surface area contributed by atoms with Crippen molar-refractivity contribution in [3.8, 4) is 0 Å². The number of rotatable bonds is 5. The first-order valence-corrected chi connectivity index (χ1v) is 4.87. The fourth-order valence-corrected chi connectivity index (χ4v) is 1.30. The van der Waals surface area contributed by atoms with Crippen molar-refractivity contribution in [1.29, 1.82) is 5.41 Å². The van der Waals surface area contributed by atoms with Crippen LogP contribution in [0, 0.1) is 5.41 Å². The molecular formula is C10H13N5O2. The molecule has 0 radical (unpaired) electrons. The predicted octanol–water partition coefficient (Wildman–Crippen LogP) is 0.675. The molecular weight excluding hydrogens is 222 g/mol. The molecule has 0 aliphatic heterocycles. The van der Waals surface area contributed by atoms with E-state index < -0.39 is 12.2 Å². The molecule has 2 unspecified atom stereocenters. The summed E-state index contributed by atoms with van der Waals surface area (Å²) in [5.74, 6) is -0.0688. The minimum absolute atomic E-state index is 0.0688. The maximum absolute atomic E-state index is 9.73. The Bertz CT molecular complexity index is 439. The average Bonchev–Trinajstić information content (AvgIpc) is 2.35. The van der Waals surface area contributed by atoms with Gasteiger partial charge in [0.15, 0.2) is 0 Å². The van der Waals surface area contributed by atoms with Crippen LogP contribution in [-0.4, -0.2) is 28.7 Å². The summed E-state index contributed by atoms with van der Waals surface area (Å²) in [6.45, 7) is -0.202. The Hall–Kier alpha value is -2.08. The van der Waals surface area contributed by atoms with Crippen molar-refractivity contribution in [2.75, 3.05) is 6.54 Å². The third-order valence-electron chi connectivity index (χ3n) is 2.26. The van der Waals surface area contributed by atoms with Crippen molar-refractivity contribution < 1.29 is 10.2 Å². The van der Waals surface area contributed by atoms with Crippen LogP contribution in [0.1, 0.15) is 17.2 Å². The third kappa shape index (κ3) is 3.46. The summed E-state index contributed by atoms with van der Waals surface area (Å²) in [4.78, 5) is 2.50. The van der Waals surface area contributed by atoms with Crippen LogP contribution in [0.2, 0.25) is 0 Å². The molecule has 0 aliphatic rings. The van der Waals surface area contributed by atoms with Crippen LogP contribution < -0.4 is 5.73 Å². The zero-order chi connectivity index (χ0) is 12.8. The molecule has 7 heteroatoms. The molecule has 17 heavy (non-hydrogen) atoms. The van der Waals surface area contributed by atoms with E-state index in [9.17, 15) is 10.2 Å². The van der Waals surface area contributed by atoms with E-state index in [1.807, 2.05) is 0 Å². The molecule has 0 amide bonds. The number of azide groups is 1. The number of aliphatic hydroxyl groups excluding tert-OH is 2. The Balaban J connectivity index is 2.78. The number of nitrogens with zero attached hydrogens (tertiary/aromatic N) is 3. The Morgan fingerprint density at radius 3 is 2.47 bits per heavy atom. The number of nitrogen functional groups attached to an aromatic ring is 1. The van der Waals surface area contributed by atoms with Crippen molar-refractivity contribution in [3.05, 3.63) is 45.8 Å². The van der Waals surface area contributed by atoms with Gasteiger partial charge in [0.25, 0.3) is 0 Å². The van der Waals surface area contributed by atoms with Gasteiger partial charge in [-0.25, -0.2) is 0 Å². The second-order valence-corrected chi connectivity index (χ2v) is 3.46. The van der Waals surface area contributed by atoms with Gasteiger partial charge >= 0.3 is 0 Å². The molecule has 0 fully saturated rings. The van der Waals surface area contributed by atoms with Gasteiger partial charge in [-0.2, -0.15) is 0 Å². The summed E-state index contributed by atoms with van der Waals surface area (Å²) in [6.07, 6.45) is -2.30. The van der Waals surface area contributed by atoms with Crippen LogP contribution in [0.15, 0.2) is 29.4 Å². The average molecular weight is 235 g/mol. The molecule has 0 bridgehead atoms. The van der Waals surface area contributed by atoms with Gasteiger partial charge in [-0.05, 0) is 11.1 Å². The Kier molecular flexibility index (Phi) is 4.47. The smallest absolute Gasteiger partial charge is 0.122 e. The number of nitrogens with two attached hydrogens (primary N) is 1. The SMILES string of the molecule is [N-]=[N+]=NCC(O)C(O)c1ccc(C(=N)N)cc1. The molecule has 0 heterocycles. The van der Waals surface area contributed by atoms with Gasteiger partial charge in [0.2, 0.25) is 0 Å². The number of hydrogen-bond acceptors (Lipinski definition) is 4. The van der Waals surface area contributed by atoms with Gasteiger partial charge in [-0.3, -0.25) is 5.41 Å². The lowest BCUT2D eigenvalue weighted by molar-refractivity contribution is 0.0244. The molecule has 0 spiro atoms. The fourth-order valence-electron chi connectivity index (χ4n) is 1.30. The van der Waals surface area contributed by atoms with E-state index in [2.05, 4.69) is 10.0 Å². The van der Waals surface area contributed by atoms with Gasteiger partial charge in [0.05, 0.1) is 12.6 Å². The molecule has 7 nitrogen and oxygen atoms in total. The Labute approximate surface area is 97.6 Å². The molecule has 0 saturated carbocycles. The zero-order valence-corrected chi connectivity index (χ0v) is 8.98. The molecule has 1 aromatic rings. The van der Waals surface area contributed by atoms with E-state index in [-0.39, 0.29) is 12.4 Å². The molecule has 0 aromatic heterocycles. The number of aliphatic hydroxyl groups is 2. The summed E-state index contributed by atoms with van der Waals surface area (Å²) in [7, 11) is 0. The summed E-state index contributed by atoms with van der Waals surface area (Å²) in [5, 5.41) is 29.6. The molecule has 0 aliphatic carbocycles. The van der Waals surface area contributed by atoms with Crippen molar-refractivity contribution in [2.45, 2.75) is 12.2 Å². The van der Waals surface area contributed by atoms with Crippen molar-refractivity contribution in [1.82, 2.24) is 0 Å². The van der Waals surface area contributed by atoms with Crippen LogP contribution in [-0.2, 0) is 0 Å². The highest BCUT2D eigenvalue weighted by Crippen LogP contribution is 2.17. The standard InChI is InChI=1S/C10H13N5O2/c11-10(12)7-3-1-6(2-4-7)9(17)8(16)5-14-15-13/h1-4,8-9,16-17H,5H2,(H3,11,12). The van der Waals surface area contributed by atoms with Gasteiger partial charge in [0.1, 0.15) is 11.9 Å². The van der Waals surface area contributed by atoms with Crippen LogP contribution >= 0.6 is 0 Å². The van der Waals surface area contributed by atoms with E-state index in [0.717, 1.165) is 0 Å². The third-order valence-corrected chi connectivity index (χ3v) is 2.26. The molecule has 5 N–H and O–H groups in total. The topological polar surface area (TPSA) is 139 Å². The van der Waals surface area contributed by atoms with E-state index in [1.165, 1.54) is 0 Å².